The zero-order chi connectivity index (χ0) is 15.0. The van der Waals surface area contributed by atoms with Crippen LogP contribution in [0.4, 0.5) is 5.95 Å². The minimum atomic E-state index is -0.169. The van der Waals surface area contributed by atoms with Gasteiger partial charge in [-0.3, -0.25) is 9.36 Å². The highest BCUT2D eigenvalue weighted by molar-refractivity contribution is 5.72. The molecule has 1 aromatic carbocycles. The maximum absolute atomic E-state index is 12.5. The summed E-state index contributed by atoms with van der Waals surface area (Å²) in [6, 6.07) is 9.43. The van der Waals surface area contributed by atoms with Gasteiger partial charge < -0.3 is 4.90 Å². The van der Waals surface area contributed by atoms with Crippen molar-refractivity contribution in [3.63, 3.8) is 0 Å². The van der Waals surface area contributed by atoms with Crippen molar-refractivity contribution in [2.75, 3.05) is 19.0 Å². The fourth-order valence-corrected chi connectivity index (χ4v) is 2.12. The molecule has 6 nitrogen and oxygen atoms in total. The Kier molecular flexibility index (Phi) is 3.13. The Morgan fingerprint density at radius 2 is 1.81 bits per heavy atom. The van der Waals surface area contributed by atoms with Gasteiger partial charge in [0.05, 0.1) is 11.9 Å². The Morgan fingerprint density at radius 1 is 1.10 bits per heavy atom. The van der Waals surface area contributed by atoms with Crippen LogP contribution in [0.1, 0.15) is 5.69 Å². The lowest BCUT2D eigenvalue weighted by molar-refractivity contribution is 0.931. The summed E-state index contributed by atoms with van der Waals surface area (Å²) in [4.78, 5) is 27.3. The van der Waals surface area contributed by atoms with Gasteiger partial charge in [-0.05, 0) is 19.1 Å². The summed E-state index contributed by atoms with van der Waals surface area (Å²) in [5, 5.41) is 0. The van der Waals surface area contributed by atoms with Crippen LogP contribution in [0.5, 0.6) is 0 Å². The van der Waals surface area contributed by atoms with Gasteiger partial charge in [0, 0.05) is 14.1 Å². The first kappa shape index (κ1) is 13.2. The average Bonchev–Trinajstić information content (AvgIpc) is 2.49. The van der Waals surface area contributed by atoms with Crippen LogP contribution >= 0.6 is 0 Å². The summed E-state index contributed by atoms with van der Waals surface area (Å²) in [6.07, 6.45) is 1.64. The molecule has 6 heteroatoms. The van der Waals surface area contributed by atoms with E-state index in [0.717, 1.165) is 5.69 Å². The number of aryl methyl sites for hydroxylation is 1. The van der Waals surface area contributed by atoms with Crippen molar-refractivity contribution in [3.8, 4) is 5.69 Å². The third kappa shape index (κ3) is 2.24. The average molecular weight is 281 g/mol. The predicted octanol–water partition coefficient (Wildman–Crippen LogP) is 1.55. The van der Waals surface area contributed by atoms with E-state index in [-0.39, 0.29) is 5.56 Å². The molecule has 0 spiro atoms. The fourth-order valence-electron chi connectivity index (χ4n) is 2.12. The number of rotatable bonds is 2. The topological polar surface area (TPSA) is 63.9 Å². The van der Waals surface area contributed by atoms with E-state index in [1.54, 1.807) is 22.6 Å². The molecule has 3 rings (SSSR count). The van der Waals surface area contributed by atoms with E-state index < -0.39 is 0 Å². The van der Waals surface area contributed by atoms with Gasteiger partial charge in [0.25, 0.3) is 5.56 Å². The van der Waals surface area contributed by atoms with Crippen molar-refractivity contribution in [2.45, 2.75) is 6.92 Å². The summed E-state index contributed by atoms with van der Waals surface area (Å²) in [6.45, 7) is 1.70. The molecule has 0 saturated carbocycles. The minimum Gasteiger partial charge on any atom is -0.347 e. The maximum atomic E-state index is 12.5. The van der Waals surface area contributed by atoms with Crippen molar-refractivity contribution in [3.05, 3.63) is 52.6 Å². The van der Waals surface area contributed by atoms with E-state index >= 15 is 0 Å². The molecule has 0 radical (unpaired) electrons. The molecule has 2 aromatic heterocycles. The van der Waals surface area contributed by atoms with Gasteiger partial charge in [-0.2, -0.15) is 4.98 Å². The number of aromatic nitrogens is 4. The summed E-state index contributed by atoms with van der Waals surface area (Å²) < 4.78 is 1.58. The molecule has 106 valence electrons. The molecule has 3 aromatic rings. The van der Waals surface area contributed by atoms with Gasteiger partial charge in [-0.15, -0.1) is 0 Å². The summed E-state index contributed by atoms with van der Waals surface area (Å²) in [5.41, 5.74) is 2.13. The molecule has 0 bridgehead atoms. The Morgan fingerprint density at radius 3 is 2.48 bits per heavy atom. The standard InChI is InChI=1S/C15H15N5O/c1-10-14(21)20(11-7-5-4-6-8-11)13-12(17-10)9-16-15(18-13)19(2)3/h4-9H,1-3H3. The lowest BCUT2D eigenvalue weighted by Gasteiger charge is -2.13. The van der Waals surface area contributed by atoms with E-state index in [4.69, 9.17) is 0 Å². The highest BCUT2D eigenvalue weighted by Crippen LogP contribution is 2.15. The lowest BCUT2D eigenvalue weighted by atomic mass is 10.3. The van der Waals surface area contributed by atoms with E-state index in [9.17, 15) is 4.79 Å². The minimum absolute atomic E-state index is 0.169. The molecule has 2 heterocycles. The Balaban J connectivity index is 2.42. The fraction of sp³-hybridized carbons (Fsp3) is 0.200. The number of hydrogen-bond acceptors (Lipinski definition) is 5. The molecule has 0 amide bonds. The van der Waals surface area contributed by atoms with E-state index in [0.29, 0.717) is 22.8 Å². The Bertz CT molecular complexity index is 855. The predicted molar refractivity (Wildman–Crippen MR) is 82.0 cm³/mol. The molecule has 0 N–H and O–H groups in total. The van der Waals surface area contributed by atoms with Crippen LogP contribution in [-0.4, -0.2) is 33.6 Å². The third-order valence-electron chi connectivity index (χ3n) is 3.16. The molecule has 0 aliphatic heterocycles. The summed E-state index contributed by atoms with van der Waals surface area (Å²) in [7, 11) is 3.71. The summed E-state index contributed by atoms with van der Waals surface area (Å²) in [5.74, 6) is 0.539. The van der Waals surface area contributed by atoms with Crippen molar-refractivity contribution < 1.29 is 0 Å². The molecular formula is C15H15N5O. The van der Waals surface area contributed by atoms with Gasteiger partial charge >= 0.3 is 0 Å². The van der Waals surface area contributed by atoms with Gasteiger partial charge in [0.2, 0.25) is 5.95 Å². The van der Waals surface area contributed by atoms with E-state index in [2.05, 4.69) is 15.0 Å². The molecule has 0 aliphatic rings. The first-order valence-corrected chi connectivity index (χ1v) is 6.57. The second kappa shape index (κ2) is 4.97. The zero-order valence-electron chi connectivity index (χ0n) is 12.1. The van der Waals surface area contributed by atoms with Gasteiger partial charge in [-0.25, -0.2) is 9.97 Å². The van der Waals surface area contributed by atoms with Crippen LogP contribution in [0.2, 0.25) is 0 Å². The van der Waals surface area contributed by atoms with Gasteiger partial charge in [0.15, 0.2) is 5.65 Å². The second-order valence-corrected chi connectivity index (χ2v) is 4.95. The van der Waals surface area contributed by atoms with Crippen LogP contribution in [0.15, 0.2) is 41.3 Å². The smallest absolute Gasteiger partial charge is 0.278 e. The number of fused-ring (bicyclic) bond motifs is 1. The van der Waals surface area contributed by atoms with Gasteiger partial charge in [0.1, 0.15) is 11.2 Å². The van der Waals surface area contributed by atoms with Crippen LogP contribution in [0.25, 0.3) is 16.9 Å². The molecule has 0 unspecified atom stereocenters. The SMILES string of the molecule is Cc1nc2cnc(N(C)C)nc2n(-c2ccccc2)c1=O. The summed E-state index contributed by atoms with van der Waals surface area (Å²) >= 11 is 0. The van der Waals surface area contributed by atoms with Crippen molar-refractivity contribution in [2.24, 2.45) is 0 Å². The molecule has 0 fully saturated rings. The van der Waals surface area contributed by atoms with Crippen molar-refractivity contribution in [1.82, 2.24) is 19.5 Å². The molecule has 21 heavy (non-hydrogen) atoms. The molecular weight excluding hydrogens is 266 g/mol. The molecule has 0 atom stereocenters. The quantitative estimate of drug-likeness (QED) is 0.713. The maximum Gasteiger partial charge on any atom is 0.278 e. The second-order valence-electron chi connectivity index (χ2n) is 4.95. The van der Waals surface area contributed by atoms with Crippen LogP contribution in [0.3, 0.4) is 0 Å². The molecule has 0 saturated heterocycles. The lowest BCUT2D eigenvalue weighted by Crippen LogP contribution is -2.24. The monoisotopic (exact) mass is 281 g/mol. The van der Waals surface area contributed by atoms with E-state index in [1.807, 2.05) is 44.4 Å². The Hall–Kier alpha value is -2.76. The Labute approximate surface area is 121 Å². The first-order chi connectivity index (χ1) is 10.1. The van der Waals surface area contributed by atoms with Crippen molar-refractivity contribution >= 4 is 17.1 Å². The zero-order valence-corrected chi connectivity index (χ0v) is 12.1. The highest BCUT2D eigenvalue weighted by Gasteiger charge is 2.13. The van der Waals surface area contributed by atoms with Crippen molar-refractivity contribution in [1.29, 1.82) is 0 Å². The van der Waals surface area contributed by atoms with Crippen LogP contribution in [-0.2, 0) is 0 Å². The number of benzene rings is 1. The largest absolute Gasteiger partial charge is 0.347 e. The molecule has 0 aliphatic carbocycles. The van der Waals surface area contributed by atoms with Gasteiger partial charge in [-0.1, -0.05) is 18.2 Å². The number of anilines is 1. The van der Waals surface area contributed by atoms with Crippen LogP contribution in [0, 0.1) is 6.92 Å². The number of nitrogens with zero attached hydrogens (tertiary/aromatic N) is 5. The normalized spacial score (nSPS) is 10.8. The van der Waals surface area contributed by atoms with E-state index in [1.165, 1.54) is 0 Å². The number of hydrogen-bond donors (Lipinski definition) is 0. The van der Waals surface area contributed by atoms with Crippen LogP contribution < -0.4 is 10.5 Å². The highest BCUT2D eigenvalue weighted by atomic mass is 16.1. The third-order valence-corrected chi connectivity index (χ3v) is 3.16. The number of para-hydroxylation sites is 1. The first-order valence-electron chi connectivity index (χ1n) is 6.57.